The zero-order valence-corrected chi connectivity index (χ0v) is 19.7. The molecule has 2 aromatic carbocycles. The van der Waals surface area contributed by atoms with Crippen LogP contribution in [-0.2, 0) is 4.74 Å². The molecule has 3 N–H and O–H groups in total. The lowest BCUT2D eigenvalue weighted by atomic mass is 10.1. The molecule has 0 saturated carbocycles. The lowest BCUT2D eigenvalue weighted by Crippen LogP contribution is -2.57. The van der Waals surface area contributed by atoms with Crippen molar-refractivity contribution < 1.29 is 9.53 Å². The molecular formula is C25H25ClN6O3. The van der Waals surface area contributed by atoms with Gasteiger partial charge in [0.2, 0.25) is 0 Å². The maximum Gasteiger partial charge on any atom is 0.258 e. The van der Waals surface area contributed by atoms with E-state index in [0.29, 0.717) is 40.9 Å². The van der Waals surface area contributed by atoms with Crippen LogP contribution in [0.2, 0.25) is 5.02 Å². The van der Waals surface area contributed by atoms with Crippen molar-refractivity contribution in [3.8, 4) is 0 Å². The predicted octanol–water partition coefficient (Wildman–Crippen LogP) is 2.40. The molecule has 0 spiro atoms. The third kappa shape index (κ3) is 4.97. The van der Waals surface area contributed by atoms with Crippen LogP contribution in [0.3, 0.4) is 0 Å². The number of benzene rings is 2. The largest absolute Gasteiger partial charge is 0.378 e. The number of hydrogen-bond donors (Lipinski definition) is 2. The van der Waals surface area contributed by atoms with Crippen LogP contribution < -0.4 is 11.4 Å². The van der Waals surface area contributed by atoms with Gasteiger partial charge in [-0.1, -0.05) is 11.6 Å². The van der Waals surface area contributed by atoms with Crippen molar-refractivity contribution in [2.45, 2.75) is 6.04 Å². The second-order valence-electron chi connectivity index (χ2n) is 8.58. The minimum atomic E-state index is -0.332. The monoisotopic (exact) mass is 492 g/mol. The highest BCUT2D eigenvalue weighted by Crippen LogP contribution is 2.19. The zero-order valence-electron chi connectivity index (χ0n) is 19.0. The smallest absolute Gasteiger partial charge is 0.258 e. The molecule has 0 aliphatic carbocycles. The number of hydrazone groups is 1. The number of halogens is 1. The lowest BCUT2D eigenvalue weighted by molar-refractivity contribution is -0.0746. The molecule has 2 fully saturated rings. The number of nitrogens with zero attached hydrogens (tertiary/aromatic N) is 4. The van der Waals surface area contributed by atoms with Gasteiger partial charge >= 0.3 is 0 Å². The first-order valence-electron chi connectivity index (χ1n) is 11.4. The summed E-state index contributed by atoms with van der Waals surface area (Å²) in [6, 6.07) is 14.4. The van der Waals surface area contributed by atoms with E-state index in [4.69, 9.17) is 22.2 Å². The molecule has 3 aromatic rings. The standard InChI is InChI=1S/C25H25ClN6O3/c26-18-3-6-22-17(11-18)12-21(24(33)29-22)23(30-27)13-28-19-4-1-16(2-5-19)25(34)32-9-7-31(8-10-32)20-14-35-15-20/h1-6,11-13,20H,7-10,14-15,27H2,(H,29,33). The number of amides is 1. The van der Waals surface area contributed by atoms with Gasteiger partial charge < -0.3 is 20.5 Å². The molecule has 2 aliphatic heterocycles. The van der Waals surface area contributed by atoms with E-state index >= 15 is 0 Å². The Morgan fingerprint density at radius 3 is 2.49 bits per heavy atom. The van der Waals surface area contributed by atoms with Crippen molar-refractivity contribution >= 4 is 46.0 Å². The van der Waals surface area contributed by atoms with Crippen LogP contribution in [0.5, 0.6) is 0 Å². The fourth-order valence-electron chi connectivity index (χ4n) is 4.27. The van der Waals surface area contributed by atoms with E-state index < -0.39 is 0 Å². The average molecular weight is 493 g/mol. The normalized spacial score (nSPS) is 17.7. The van der Waals surface area contributed by atoms with Crippen LogP contribution in [0.4, 0.5) is 5.69 Å². The first-order valence-corrected chi connectivity index (χ1v) is 11.8. The minimum Gasteiger partial charge on any atom is -0.378 e. The Hall–Kier alpha value is -3.53. The molecule has 0 atom stereocenters. The molecule has 2 saturated heterocycles. The Balaban J connectivity index is 1.26. The summed E-state index contributed by atoms with van der Waals surface area (Å²) in [6.45, 7) is 4.72. The van der Waals surface area contributed by atoms with Crippen molar-refractivity contribution in [1.29, 1.82) is 0 Å². The summed E-state index contributed by atoms with van der Waals surface area (Å²) in [6.07, 6.45) is 1.43. The highest BCUT2D eigenvalue weighted by Gasteiger charge is 2.30. The first kappa shape index (κ1) is 23.2. The second kappa shape index (κ2) is 9.99. The van der Waals surface area contributed by atoms with Gasteiger partial charge in [0.15, 0.2) is 0 Å². The fourth-order valence-corrected chi connectivity index (χ4v) is 4.45. The van der Waals surface area contributed by atoms with Crippen LogP contribution in [0, 0.1) is 0 Å². The Morgan fingerprint density at radius 1 is 1.09 bits per heavy atom. The lowest BCUT2D eigenvalue weighted by Gasteiger charge is -2.42. The number of pyridine rings is 1. The molecule has 0 radical (unpaired) electrons. The van der Waals surface area contributed by atoms with Crippen LogP contribution in [0.15, 0.2) is 63.4 Å². The molecule has 2 aliphatic rings. The number of H-pyrrole nitrogens is 1. The number of nitrogens with one attached hydrogen (secondary N) is 1. The number of aliphatic imine (C=N–C) groups is 1. The maximum atomic E-state index is 12.9. The molecule has 0 unspecified atom stereocenters. The van der Waals surface area contributed by atoms with E-state index in [-0.39, 0.29) is 22.7 Å². The molecule has 9 nitrogen and oxygen atoms in total. The minimum absolute atomic E-state index is 0.00982. The summed E-state index contributed by atoms with van der Waals surface area (Å²) in [5.41, 5.74) is 2.06. The summed E-state index contributed by atoms with van der Waals surface area (Å²) < 4.78 is 5.27. The van der Waals surface area contributed by atoms with E-state index in [0.717, 1.165) is 31.7 Å². The molecule has 1 aromatic heterocycles. The van der Waals surface area contributed by atoms with Crippen LogP contribution >= 0.6 is 11.6 Å². The Bertz CT molecular complexity index is 1360. The van der Waals surface area contributed by atoms with Gasteiger partial charge in [-0.25, -0.2) is 0 Å². The Kier molecular flexibility index (Phi) is 6.63. The number of carbonyl (C=O) groups is 1. The number of aromatic amines is 1. The topological polar surface area (TPSA) is 116 Å². The van der Waals surface area contributed by atoms with Crippen molar-refractivity contribution in [3.05, 3.63) is 75.0 Å². The van der Waals surface area contributed by atoms with E-state index in [1.54, 1.807) is 48.5 Å². The summed E-state index contributed by atoms with van der Waals surface area (Å²) in [7, 11) is 0. The average Bonchev–Trinajstić information content (AvgIpc) is 2.84. The van der Waals surface area contributed by atoms with Crippen LogP contribution in [0.1, 0.15) is 15.9 Å². The molecule has 180 valence electrons. The predicted molar refractivity (Wildman–Crippen MR) is 137 cm³/mol. The van der Waals surface area contributed by atoms with Crippen molar-refractivity contribution in [1.82, 2.24) is 14.8 Å². The quantitative estimate of drug-likeness (QED) is 0.322. The second-order valence-corrected chi connectivity index (χ2v) is 9.02. The number of hydrogen-bond acceptors (Lipinski definition) is 7. The van der Waals surface area contributed by atoms with E-state index in [9.17, 15) is 9.59 Å². The van der Waals surface area contributed by atoms with Crippen LogP contribution in [-0.4, -0.2) is 78.1 Å². The number of rotatable bonds is 5. The molecular weight excluding hydrogens is 468 g/mol. The summed E-state index contributed by atoms with van der Waals surface area (Å²) >= 11 is 6.07. The molecule has 35 heavy (non-hydrogen) atoms. The third-order valence-corrected chi connectivity index (χ3v) is 6.64. The number of nitrogens with two attached hydrogens (primary N) is 1. The van der Waals surface area contributed by atoms with Gasteiger partial charge in [-0.3, -0.25) is 19.5 Å². The number of carbonyl (C=O) groups excluding carboxylic acids is 1. The zero-order chi connectivity index (χ0) is 24.4. The molecule has 5 rings (SSSR count). The number of piperazine rings is 1. The van der Waals surface area contributed by atoms with Gasteiger partial charge in [0, 0.05) is 47.7 Å². The number of fused-ring (bicyclic) bond motifs is 1. The summed E-state index contributed by atoms with van der Waals surface area (Å²) in [5, 5.41) is 5.05. The molecule has 1 amide bonds. The van der Waals surface area contributed by atoms with Gasteiger partial charge in [-0.15, -0.1) is 0 Å². The number of ether oxygens (including phenoxy) is 1. The SMILES string of the molecule is NN=C(C=Nc1ccc(C(=O)N2CCN(C3COC3)CC2)cc1)c1cc2cc(Cl)ccc2[nH]c1=O. The van der Waals surface area contributed by atoms with Crippen molar-refractivity contribution in [2.24, 2.45) is 15.9 Å². The highest BCUT2D eigenvalue weighted by molar-refractivity contribution is 6.38. The van der Waals surface area contributed by atoms with E-state index in [2.05, 4.69) is 20.0 Å². The van der Waals surface area contributed by atoms with Gasteiger partial charge in [0.05, 0.1) is 36.7 Å². The first-order chi connectivity index (χ1) is 17.0. The third-order valence-electron chi connectivity index (χ3n) is 6.41. The Labute approximate surface area is 206 Å². The van der Waals surface area contributed by atoms with Gasteiger partial charge in [-0.05, 0) is 48.5 Å². The van der Waals surface area contributed by atoms with Crippen molar-refractivity contribution in [2.75, 3.05) is 39.4 Å². The van der Waals surface area contributed by atoms with Gasteiger partial charge in [-0.2, -0.15) is 5.10 Å². The van der Waals surface area contributed by atoms with E-state index in [1.165, 1.54) is 6.21 Å². The number of aromatic nitrogens is 1. The fraction of sp³-hybridized carbons (Fsp3) is 0.280. The summed E-state index contributed by atoms with van der Waals surface area (Å²) in [5.74, 6) is 5.57. The Morgan fingerprint density at radius 2 is 1.83 bits per heavy atom. The molecule has 10 heteroatoms. The van der Waals surface area contributed by atoms with E-state index in [1.807, 2.05) is 4.90 Å². The molecule has 3 heterocycles. The van der Waals surface area contributed by atoms with Crippen LogP contribution in [0.25, 0.3) is 10.9 Å². The highest BCUT2D eigenvalue weighted by atomic mass is 35.5. The van der Waals surface area contributed by atoms with Gasteiger partial charge in [0.1, 0.15) is 5.71 Å². The van der Waals surface area contributed by atoms with Crippen molar-refractivity contribution in [3.63, 3.8) is 0 Å². The molecule has 0 bridgehead atoms. The maximum absolute atomic E-state index is 12.9. The van der Waals surface area contributed by atoms with Gasteiger partial charge in [0.25, 0.3) is 11.5 Å². The summed E-state index contributed by atoms with van der Waals surface area (Å²) in [4.78, 5) is 36.9.